The van der Waals surface area contributed by atoms with Crippen molar-refractivity contribution in [1.82, 2.24) is 0 Å². The molecular formula is C9H18O4S. The molecule has 0 saturated heterocycles. The van der Waals surface area contributed by atoms with Crippen LogP contribution in [-0.2, 0) is 14.6 Å². The molecule has 0 aromatic heterocycles. The van der Waals surface area contributed by atoms with E-state index in [1.165, 1.54) is 0 Å². The van der Waals surface area contributed by atoms with Gasteiger partial charge in [-0.15, -0.1) is 6.58 Å². The Morgan fingerprint density at radius 2 is 1.71 bits per heavy atom. The Hall–Kier alpha value is -0.390. The molecule has 0 aliphatic carbocycles. The van der Waals surface area contributed by atoms with E-state index in [-0.39, 0.29) is 6.61 Å². The molecule has 84 valence electrons. The summed E-state index contributed by atoms with van der Waals surface area (Å²) in [4.78, 5) is 0. The molecule has 0 heterocycles. The summed E-state index contributed by atoms with van der Waals surface area (Å²) >= 11 is 0. The molecule has 0 aliphatic heterocycles. The molecule has 0 aromatic carbocycles. The van der Waals surface area contributed by atoms with Crippen LogP contribution in [0.3, 0.4) is 0 Å². The van der Waals surface area contributed by atoms with E-state index in [2.05, 4.69) is 10.8 Å². The fourth-order valence-electron chi connectivity index (χ4n) is 1.09. The predicted octanol–water partition coefficient (Wildman–Crippen LogP) is 2.33. The lowest BCUT2D eigenvalue weighted by atomic mass is 10.1. The molecule has 1 N–H and O–H groups in total. The minimum atomic E-state index is -4.24. The van der Waals surface area contributed by atoms with Gasteiger partial charge in [-0.1, -0.05) is 25.3 Å². The highest BCUT2D eigenvalue weighted by Crippen LogP contribution is 2.05. The molecule has 0 aromatic rings. The fourth-order valence-corrected chi connectivity index (χ4v) is 1.41. The Morgan fingerprint density at radius 1 is 1.14 bits per heavy atom. The topological polar surface area (TPSA) is 63.6 Å². The van der Waals surface area contributed by atoms with Gasteiger partial charge in [0, 0.05) is 0 Å². The Morgan fingerprint density at radius 3 is 2.29 bits per heavy atom. The van der Waals surface area contributed by atoms with E-state index in [9.17, 15) is 8.42 Å². The van der Waals surface area contributed by atoms with Gasteiger partial charge in [-0.3, -0.25) is 4.55 Å². The van der Waals surface area contributed by atoms with Gasteiger partial charge in [-0.25, -0.2) is 4.18 Å². The van der Waals surface area contributed by atoms with E-state index < -0.39 is 10.4 Å². The van der Waals surface area contributed by atoms with Crippen molar-refractivity contribution < 1.29 is 17.2 Å². The first-order chi connectivity index (χ1) is 6.56. The molecule has 0 saturated carbocycles. The van der Waals surface area contributed by atoms with Crippen LogP contribution in [-0.4, -0.2) is 19.6 Å². The second kappa shape index (κ2) is 7.96. The average molecular weight is 222 g/mol. The van der Waals surface area contributed by atoms with Gasteiger partial charge in [0.25, 0.3) is 0 Å². The van der Waals surface area contributed by atoms with Crippen molar-refractivity contribution in [2.45, 2.75) is 38.5 Å². The molecule has 0 amide bonds. The lowest BCUT2D eigenvalue weighted by Crippen LogP contribution is -2.04. The van der Waals surface area contributed by atoms with Gasteiger partial charge in [0.15, 0.2) is 0 Å². The van der Waals surface area contributed by atoms with Crippen molar-refractivity contribution in [2.24, 2.45) is 0 Å². The molecule has 4 nitrogen and oxygen atoms in total. The maximum atomic E-state index is 10.1. The van der Waals surface area contributed by atoms with Gasteiger partial charge in [-0.05, 0) is 19.3 Å². The molecule has 5 heteroatoms. The summed E-state index contributed by atoms with van der Waals surface area (Å²) in [5.41, 5.74) is 0. The Balaban J connectivity index is 3.10. The third kappa shape index (κ3) is 11.6. The predicted molar refractivity (Wildman–Crippen MR) is 55.4 cm³/mol. The summed E-state index contributed by atoms with van der Waals surface area (Å²) < 4.78 is 32.7. The average Bonchev–Trinajstić information content (AvgIpc) is 2.08. The Labute approximate surface area is 85.9 Å². The standard InChI is InChI=1S/C9H18O4S/c1-2-3-4-5-6-7-8-9-13-14(10,11)12/h2H,1,3-9H2,(H,10,11,12). The highest BCUT2D eigenvalue weighted by Gasteiger charge is 2.02. The van der Waals surface area contributed by atoms with Gasteiger partial charge in [0.1, 0.15) is 0 Å². The minimum Gasteiger partial charge on any atom is -0.264 e. The van der Waals surface area contributed by atoms with Gasteiger partial charge < -0.3 is 0 Å². The number of unbranched alkanes of at least 4 members (excludes halogenated alkanes) is 5. The van der Waals surface area contributed by atoms with Gasteiger partial charge >= 0.3 is 10.4 Å². The van der Waals surface area contributed by atoms with Crippen molar-refractivity contribution in [3.8, 4) is 0 Å². The number of hydrogen-bond acceptors (Lipinski definition) is 3. The second-order valence-electron chi connectivity index (χ2n) is 3.09. The van der Waals surface area contributed by atoms with Crippen LogP contribution in [0, 0.1) is 0 Å². The van der Waals surface area contributed by atoms with E-state index in [1.54, 1.807) is 0 Å². The highest BCUT2D eigenvalue weighted by atomic mass is 32.3. The maximum absolute atomic E-state index is 10.1. The molecule has 0 atom stereocenters. The molecule has 0 bridgehead atoms. The van der Waals surface area contributed by atoms with Crippen molar-refractivity contribution in [2.75, 3.05) is 6.61 Å². The molecule has 0 rings (SSSR count). The smallest absolute Gasteiger partial charge is 0.264 e. The van der Waals surface area contributed by atoms with Crippen LogP contribution in [0.2, 0.25) is 0 Å². The molecule has 0 aliphatic rings. The fraction of sp³-hybridized carbons (Fsp3) is 0.778. The first-order valence-electron chi connectivity index (χ1n) is 4.79. The lowest BCUT2D eigenvalue weighted by molar-refractivity contribution is 0.261. The number of rotatable bonds is 9. The van der Waals surface area contributed by atoms with Crippen LogP contribution >= 0.6 is 0 Å². The zero-order valence-electron chi connectivity index (χ0n) is 8.31. The van der Waals surface area contributed by atoms with Crippen LogP contribution in [0.15, 0.2) is 12.7 Å². The third-order valence-electron chi connectivity index (χ3n) is 1.78. The van der Waals surface area contributed by atoms with E-state index in [4.69, 9.17) is 4.55 Å². The molecule has 0 fully saturated rings. The van der Waals surface area contributed by atoms with E-state index in [1.807, 2.05) is 6.08 Å². The Bertz CT molecular complexity index is 233. The zero-order valence-corrected chi connectivity index (χ0v) is 9.13. The van der Waals surface area contributed by atoms with Crippen molar-refractivity contribution in [1.29, 1.82) is 0 Å². The van der Waals surface area contributed by atoms with E-state index in [0.717, 1.165) is 32.1 Å². The van der Waals surface area contributed by atoms with Gasteiger partial charge in [0.2, 0.25) is 0 Å². The summed E-state index contributed by atoms with van der Waals surface area (Å²) in [6.45, 7) is 3.69. The highest BCUT2D eigenvalue weighted by molar-refractivity contribution is 7.80. The normalized spacial score (nSPS) is 11.5. The first kappa shape index (κ1) is 13.6. The van der Waals surface area contributed by atoms with E-state index >= 15 is 0 Å². The molecule has 14 heavy (non-hydrogen) atoms. The summed E-state index contributed by atoms with van der Waals surface area (Å²) in [5, 5.41) is 0. The Kier molecular flexibility index (Phi) is 7.74. The van der Waals surface area contributed by atoms with E-state index in [0.29, 0.717) is 6.42 Å². The van der Waals surface area contributed by atoms with Crippen molar-refractivity contribution in [3.63, 3.8) is 0 Å². The van der Waals surface area contributed by atoms with Crippen LogP contribution in [0.5, 0.6) is 0 Å². The van der Waals surface area contributed by atoms with Gasteiger partial charge in [-0.2, -0.15) is 8.42 Å². The summed E-state index contributed by atoms with van der Waals surface area (Å²) in [6.07, 6.45) is 7.81. The van der Waals surface area contributed by atoms with Crippen LogP contribution in [0.1, 0.15) is 38.5 Å². The number of hydrogen-bond donors (Lipinski definition) is 1. The lowest BCUT2D eigenvalue weighted by Gasteiger charge is -2.00. The zero-order chi connectivity index (χ0) is 10.9. The number of allylic oxidation sites excluding steroid dienone is 1. The summed E-state index contributed by atoms with van der Waals surface area (Å²) in [5.74, 6) is 0. The molecule has 0 radical (unpaired) electrons. The summed E-state index contributed by atoms with van der Waals surface area (Å²) in [7, 11) is -4.24. The molecule has 0 spiro atoms. The monoisotopic (exact) mass is 222 g/mol. The largest absolute Gasteiger partial charge is 0.397 e. The van der Waals surface area contributed by atoms with Crippen LogP contribution < -0.4 is 0 Å². The third-order valence-corrected chi connectivity index (χ3v) is 2.25. The van der Waals surface area contributed by atoms with Crippen molar-refractivity contribution >= 4 is 10.4 Å². The maximum Gasteiger partial charge on any atom is 0.397 e. The molecule has 0 unspecified atom stereocenters. The molecular weight excluding hydrogens is 204 g/mol. The van der Waals surface area contributed by atoms with Crippen LogP contribution in [0.25, 0.3) is 0 Å². The summed E-state index contributed by atoms with van der Waals surface area (Å²) in [6, 6.07) is 0. The van der Waals surface area contributed by atoms with Gasteiger partial charge in [0.05, 0.1) is 6.61 Å². The first-order valence-corrected chi connectivity index (χ1v) is 6.15. The SMILES string of the molecule is C=CCCCCCCCOS(=O)(=O)O. The van der Waals surface area contributed by atoms with Crippen molar-refractivity contribution in [3.05, 3.63) is 12.7 Å². The minimum absolute atomic E-state index is 0.0697. The second-order valence-corrected chi connectivity index (χ2v) is 4.19. The van der Waals surface area contributed by atoms with Crippen LogP contribution in [0.4, 0.5) is 0 Å². The quantitative estimate of drug-likeness (QED) is 0.369.